The molecule has 0 unspecified atom stereocenters. The van der Waals surface area contributed by atoms with Gasteiger partial charge in [-0.25, -0.2) is 9.37 Å². The molecule has 2 aromatic heterocycles. The average molecular weight is 404 g/mol. The third kappa shape index (κ3) is 3.04. The molecular weight excluding hydrogens is 387 g/mol. The van der Waals surface area contributed by atoms with Gasteiger partial charge in [0.05, 0.1) is 5.69 Å². The number of rotatable bonds is 3. The summed E-state index contributed by atoms with van der Waals surface area (Å²) in [7, 11) is 0. The van der Waals surface area contributed by atoms with Gasteiger partial charge in [0.15, 0.2) is 11.2 Å². The Balaban J connectivity index is 1.47. The van der Waals surface area contributed by atoms with Crippen LogP contribution in [-0.2, 0) is 17.8 Å². The lowest BCUT2D eigenvalue weighted by molar-refractivity contribution is -0.119. The van der Waals surface area contributed by atoms with E-state index in [0.717, 1.165) is 24.1 Å². The van der Waals surface area contributed by atoms with Gasteiger partial charge in [0.25, 0.3) is 5.56 Å². The SMILES string of the molecule is O=C(Cn1cnc2c(nnn2-c2cccc(F)c2)c1=O)N1CCCc2ccccc21. The number of amides is 1. The van der Waals surface area contributed by atoms with Gasteiger partial charge >= 0.3 is 0 Å². The predicted molar refractivity (Wildman–Crippen MR) is 108 cm³/mol. The van der Waals surface area contributed by atoms with E-state index < -0.39 is 11.4 Å². The smallest absolute Gasteiger partial charge is 0.284 e. The predicted octanol–water partition coefficient (Wildman–Crippen LogP) is 2.10. The van der Waals surface area contributed by atoms with Crippen molar-refractivity contribution in [1.29, 1.82) is 0 Å². The third-order valence-corrected chi connectivity index (χ3v) is 5.20. The fourth-order valence-corrected chi connectivity index (χ4v) is 3.76. The molecule has 30 heavy (non-hydrogen) atoms. The summed E-state index contributed by atoms with van der Waals surface area (Å²) in [5, 5.41) is 7.85. The van der Waals surface area contributed by atoms with E-state index in [0.29, 0.717) is 12.2 Å². The average Bonchev–Trinajstić information content (AvgIpc) is 3.20. The second-order valence-electron chi connectivity index (χ2n) is 7.11. The molecule has 150 valence electrons. The first-order valence-electron chi connectivity index (χ1n) is 9.57. The van der Waals surface area contributed by atoms with Gasteiger partial charge in [-0.15, -0.1) is 5.10 Å². The molecule has 1 amide bonds. The van der Waals surface area contributed by atoms with Crippen LogP contribution in [0.5, 0.6) is 0 Å². The van der Waals surface area contributed by atoms with Gasteiger partial charge in [-0.2, -0.15) is 4.68 Å². The van der Waals surface area contributed by atoms with Crippen molar-refractivity contribution in [2.75, 3.05) is 11.4 Å². The van der Waals surface area contributed by atoms with Gasteiger partial charge in [-0.1, -0.05) is 29.5 Å². The zero-order chi connectivity index (χ0) is 20.7. The summed E-state index contributed by atoms with van der Waals surface area (Å²) in [5.41, 5.74) is 2.17. The Bertz CT molecular complexity index is 1330. The van der Waals surface area contributed by atoms with Crippen LogP contribution in [0.25, 0.3) is 16.9 Å². The molecule has 0 spiro atoms. The largest absolute Gasteiger partial charge is 0.311 e. The van der Waals surface area contributed by atoms with E-state index in [1.165, 1.54) is 33.8 Å². The summed E-state index contributed by atoms with van der Waals surface area (Å²) in [4.78, 5) is 31.8. The monoisotopic (exact) mass is 404 g/mol. The number of aromatic nitrogens is 5. The first-order chi connectivity index (χ1) is 14.6. The van der Waals surface area contributed by atoms with Crippen molar-refractivity contribution in [3.8, 4) is 5.69 Å². The van der Waals surface area contributed by atoms with Crippen molar-refractivity contribution < 1.29 is 9.18 Å². The highest BCUT2D eigenvalue weighted by Crippen LogP contribution is 2.26. The molecule has 0 bridgehead atoms. The summed E-state index contributed by atoms with van der Waals surface area (Å²) < 4.78 is 16.1. The Morgan fingerprint density at radius 3 is 2.87 bits per heavy atom. The van der Waals surface area contributed by atoms with Crippen LogP contribution in [-0.4, -0.2) is 37.0 Å². The van der Waals surface area contributed by atoms with Gasteiger partial charge < -0.3 is 4.90 Å². The lowest BCUT2D eigenvalue weighted by atomic mass is 10.0. The third-order valence-electron chi connectivity index (χ3n) is 5.20. The molecule has 0 N–H and O–H groups in total. The topological polar surface area (TPSA) is 85.9 Å². The lowest BCUT2D eigenvalue weighted by Crippen LogP contribution is -2.39. The van der Waals surface area contributed by atoms with Crippen LogP contribution < -0.4 is 10.5 Å². The molecule has 0 aliphatic carbocycles. The van der Waals surface area contributed by atoms with E-state index in [1.54, 1.807) is 11.0 Å². The Morgan fingerprint density at radius 1 is 1.13 bits per heavy atom. The maximum atomic E-state index is 13.5. The Kier molecular flexibility index (Phi) is 4.35. The normalized spacial score (nSPS) is 13.4. The summed E-state index contributed by atoms with van der Waals surface area (Å²) in [6.07, 6.45) is 3.10. The number of para-hydroxylation sites is 1. The van der Waals surface area contributed by atoms with Crippen LogP contribution in [0.4, 0.5) is 10.1 Å². The van der Waals surface area contributed by atoms with Crippen molar-refractivity contribution >= 4 is 22.8 Å². The molecule has 8 nitrogen and oxygen atoms in total. The molecule has 0 radical (unpaired) electrons. The number of carbonyl (C=O) groups is 1. The summed E-state index contributed by atoms with van der Waals surface area (Å²) in [5.74, 6) is -0.625. The maximum absolute atomic E-state index is 13.5. The van der Waals surface area contributed by atoms with Crippen LogP contribution >= 0.6 is 0 Å². The lowest BCUT2D eigenvalue weighted by Gasteiger charge is -2.29. The van der Waals surface area contributed by atoms with E-state index in [1.807, 2.05) is 24.3 Å². The highest BCUT2D eigenvalue weighted by atomic mass is 19.1. The first kappa shape index (κ1) is 18.2. The molecule has 0 fully saturated rings. The van der Waals surface area contributed by atoms with E-state index >= 15 is 0 Å². The first-order valence-corrected chi connectivity index (χ1v) is 9.57. The highest BCUT2D eigenvalue weighted by molar-refractivity contribution is 5.94. The second kappa shape index (κ2) is 7.18. The van der Waals surface area contributed by atoms with Crippen LogP contribution in [0.1, 0.15) is 12.0 Å². The van der Waals surface area contributed by atoms with Crippen LogP contribution in [0.15, 0.2) is 59.7 Å². The molecule has 2 aromatic carbocycles. The second-order valence-corrected chi connectivity index (χ2v) is 7.11. The van der Waals surface area contributed by atoms with Crippen molar-refractivity contribution in [3.05, 3.63) is 76.6 Å². The maximum Gasteiger partial charge on any atom is 0.284 e. The highest BCUT2D eigenvalue weighted by Gasteiger charge is 2.23. The zero-order valence-electron chi connectivity index (χ0n) is 15.9. The number of benzene rings is 2. The molecule has 0 saturated carbocycles. The number of nitrogens with zero attached hydrogens (tertiary/aromatic N) is 6. The van der Waals surface area contributed by atoms with E-state index in [4.69, 9.17) is 0 Å². The van der Waals surface area contributed by atoms with Crippen molar-refractivity contribution in [2.24, 2.45) is 0 Å². The molecule has 1 aliphatic heterocycles. The number of carbonyl (C=O) groups excluding carboxylic acids is 1. The van der Waals surface area contributed by atoms with Gasteiger partial charge in [-0.05, 0) is 42.7 Å². The fraction of sp³-hybridized carbons (Fsp3) is 0.190. The van der Waals surface area contributed by atoms with Gasteiger partial charge in [0, 0.05) is 12.2 Å². The summed E-state index contributed by atoms with van der Waals surface area (Å²) in [6.45, 7) is 0.457. The number of anilines is 1. The summed E-state index contributed by atoms with van der Waals surface area (Å²) >= 11 is 0. The fourth-order valence-electron chi connectivity index (χ4n) is 3.76. The molecule has 3 heterocycles. The molecule has 0 saturated heterocycles. The molecule has 0 atom stereocenters. The number of aryl methyl sites for hydroxylation is 1. The van der Waals surface area contributed by atoms with Crippen molar-refractivity contribution in [3.63, 3.8) is 0 Å². The van der Waals surface area contributed by atoms with Gasteiger partial charge in [0.2, 0.25) is 5.91 Å². The quantitative estimate of drug-likeness (QED) is 0.522. The number of halogens is 1. The molecule has 1 aliphatic rings. The molecule has 9 heteroatoms. The van der Waals surface area contributed by atoms with E-state index in [-0.39, 0.29) is 23.6 Å². The van der Waals surface area contributed by atoms with Gasteiger partial charge in [-0.3, -0.25) is 14.2 Å². The van der Waals surface area contributed by atoms with Crippen LogP contribution in [0.3, 0.4) is 0 Å². The van der Waals surface area contributed by atoms with Crippen LogP contribution in [0.2, 0.25) is 0 Å². The number of hydrogen-bond donors (Lipinski definition) is 0. The van der Waals surface area contributed by atoms with Gasteiger partial charge in [0.1, 0.15) is 18.7 Å². The Hall–Kier alpha value is -3.88. The minimum absolute atomic E-state index is 0.0219. The van der Waals surface area contributed by atoms with Crippen molar-refractivity contribution in [1.82, 2.24) is 24.5 Å². The number of hydrogen-bond acceptors (Lipinski definition) is 5. The standard InChI is InChI=1S/C21H17FN6O2/c22-15-7-3-8-16(11-15)28-20-19(24-25-28)21(30)26(13-23-20)12-18(29)27-10-4-6-14-5-1-2-9-17(14)27/h1-3,5,7-9,11,13H,4,6,10,12H2. The minimum atomic E-state index is -0.471. The van der Waals surface area contributed by atoms with E-state index in [2.05, 4.69) is 15.3 Å². The van der Waals surface area contributed by atoms with Crippen molar-refractivity contribution in [2.45, 2.75) is 19.4 Å². The molecule has 5 rings (SSSR count). The Morgan fingerprint density at radius 2 is 2.00 bits per heavy atom. The van der Waals surface area contributed by atoms with Crippen LogP contribution in [0, 0.1) is 5.82 Å². The minimum Gasteiger partial charge on any atom is -0.311 e. The number of fused-ring (bicyclic) bond motifs is 2. The zero-order valence-corrected chi connectivity index (χ0v) is 15.9. The Labute approximate surface area is 170 Å². The van der Waals surface area contributed by atoms with E-state index in [9.17, 15) is 14.0 Å². The molecular formula is C21H17FN6O2. The molecule has 4 aromatic rings. The summed E-state index contributed by atoms with van der Waals surface area (Å²) in [6, 6.07) is 13.6.